The van der Waals surface area contributed by atoms with E-state index in [0.717, 1.165) is 11.3 Å². The summed E-state index contributed by atoms with van der Waals surface area (Å²) in [6.45, 7) is 0.372. The number of benzene rings is 2. The van der Waals surface area contributed by atoms with Crippen molar-refractivity contribution in [1.82, 2.24) is 15.0 Å². The topological polar surface area (TPSA) is 54.2 Å². The molecule has 0 unspecified atom stereocenters. The lowest BCUT2D eigenvalue weighted by molar-refractivity contribution is 0.336. The van der Waals surface area contributed by atoms with Crippen LogP contribution in [-0.4, -0.2) is 27.2 Å². The summed E-state index contributed by atoms with van der Waals surface area (Å²) in [5, 5.41) is 8.87. The molecule has 0 aliphatic carbocycles. The predicted octanol–water partition coefficient (Wildman–Crippen LogP) is 4.87. The van der Waals surface area contributed by atoms with Crippen LogP contribution in [0.4, 0.5) is 5.69 Å². The Morgan fingerprint density at radius 2 is 1.88 bits per heavy atom. The van der Waals surface area contributed by atoms with Crippen LogP contribution in [0.1, 0.15) is 5.89 Å². The molecule has 3 aromatic rings. The van der Waals surface area contributed by atoms with Crippen LogP contribution in [0, 0.1) is 0 Å². The zero-order valence-corrected chi connectivity index (χ0v) is 15.6. The standard InChI is InChI=1S/C17H14Cl2N4OS/c1-23(17(25)20-12-8-6-11(18)7-9-12)10-15-21-16(22-24-15)13-4-2-3-5-14(13)19/h2-9H,10H2,1H3,(H,20,25). The minimum atomic E-state index is 0.372. The second-order valence-corrected chi connectivity index (χ2v) is 6.52. The molecule has 0 aliphatic rings. The van der Waals surface area contributed by atoms with E-state index >= 15 is 0 Å². The number of aromatic nitrogens is 2. The summed E-state index contributed by atoms with van der Waals surface area (Å²) in [6.07, 6.45) is 0. The summed E-state index contributed by atoms with van der Waals surface area (Å²) in [5.41, 5.74) is 1.58. The average molecular weight is 393 g/mol. The van der Waals surface area contributed by atoms with Gasteiger partial charge in [0.15, 0.2) is 5.11 Å². The van der Waals surface area contributed by atoms with Crippen LogP contribution in [0.25, 0.3) is 11.4 Å². The number of halogens is 2. The van der Waals surface area contributed by atoms with Crippen molar-refractivity contribution in [1.29, 1.82) is 0 Å². The maximum atomic E-state index is 6.15. The summed E-state index contributed by atoms with van der Waals surface area (Å²) in [6, 6.07) is 14.6. The van der Waals surface area contributed by atoms with Gasteiger partial charge in [-0.2, -0.15) is 4.98 Å². The van der Waals surface area contributed by atoms with Crippen LogP contribution in [0.5, 0.6) is 0 Å². The molecule has 0 saturated heterocycles. The molecule has 0 radical (unpaired) electrons. The fourth-order valence-corrected chi connectivity index (χ4v) is 2.63. The van der Waals surface area contributed by atoms with Crippen LogP contribution >= 0.6 is 35.4 Å². The van der Waals surface area contributed by atoms with Crippen LogP contribution in [0.2, 0.25) is 10.0 Å². The molecular formula is C17H14Cl2N4OS. The molecule has 3 rings (SSSR count). The molecule has 0 atom stereocenters. The van der Waals surface area contributed by atoms with Crippen molar-refractivity contribution in [3.63, 3.8) is 0 Å². The van der Waals surface area contributed by atoms with Crippen molar-refractivity contribution in [2.45, 2.75) is 6.54 Å². The molecule has 0 fully saturated rings. The molecule has 128 valence electrons. The van der Waals surface area contributed by atoms with Gasteiger partial charge in [-0.1, -0.05) is 40.5 Å². The predicted molar refractivity (Wildman–Crippen MR) is 104 cm³/mol. The number of hydrogen-bond donors (Lipinski definition) is 1. The van der Waals surface area contributed by atoms with Gasteiger partial charge >= 0.3 is 0 Å². The van der Waals surface area contributed by atoms with Gasteiger partial charge in [-0.25, -0.2) is 0 Å². The van der Waals surface area contributed by atoms with E-state index in [-0.39, 0.29) is 0 Å². The fourth-order valence-electron chi connectivity index (χ4n) is 2.10. The van der Waals surface area contributed by atoms with Crippen molar-refractivity contribution in [3.8, 4) is 11.4 Å². The number of anilines is 1. The first-order valence-electron chi connectivity index (χ1n) is 7.38. The highest BCUT2D eigenvalue weighted by atomic mass is 35.5. The molecule has 0 bridgehead atoms. The molecule has 1 aromatic heterocycles. The third kappa shape index (κ3) is 4.48. The summed E-state index contributed by atoms with van der Waals surface area (Å²) in [5.74, 6) is 0.892. The van der Waals surface area contributed by atoms with Crippen molar-refractivity contribution in [2.75, 3.05) is 12.4 Å². The Labute approximate surface area is 160 Å². The Hall–Kier alpha value is -2.15. The number of nitrogens with zero attached hydrogens (tertiary/aromatic N) is 3. The van der Waals surface area contributed by atoms with Crippen molar-refractivity contribution < 1.29 is 4.52 Å². The summed E-state index contributed by atoms with van der Waals surface area (Å²) >= 11 is 17.4. The lowest BCUT2D eigenvalue weighted by Gasteiger charge is -2.19. The van der Waals surface area contributed by atoms with Gasteiger partial charge < -0.3 is 14.7 Å². The van der Waals surface area contributed by atoms with E-state index in [1.165, 1.54) is 0 Å². The average Bonchev–Trinajstić information content (AvgIpc) is 3.05. The van der Waals surface area contributed by atoms with Crippen LogP contribution < -0.4 is 5.32 Å². The van der Waals surface area contributed by atoms with Gasteiger partial charge in [-0.3, -0.25) is 0 Å². The largest absolute Gasteiger partial charge is 0.343 e. The maximum Gasteiger partial charge on any atom is 0.246 e. The van der Waals surface area contributed by atoms with Gasteiger partial charge in [0.25, 0.3) is 0 Å². The van der Waals surface area contributed by atoms with E-state index in [1.54, 1.807) is 23.1 Å². The van der Waals surface area contributed by atoms with Gasteiger partial charge in [-0.05, 0) is 48.6 Å². The van der Waals surface area contributed by atoms with E-state index in [4.69, 9.17) is 39.9 Å². The lowest BCUT2D eigenvalue weighted by atomic mass is 10.2. The van der Waals surface area contributed by atoms with Gasteiger partial charge in [0.05, 0.1) is 11.6 Å². The first-order chi connectivity index (χ1) is 12.0. The first kappa shape index (κ1) is 17.7. The molecule has 0 spiro atoms. The Morgan fingerprint density at radius 1 is 1.16 bits per heavy atom. The SMILES string of the molecule is CN(Cc1nc(-c2ccccc2Cl)no1)C(=S)Nc1ccc(Cl)cc1. The van der Waals surface area contributed by atoms with Gasteiger partial charge in [0.1, 0.15) is 0 Å². The molecule has 2 aromatic carbocycles. The molecule has 1 heterocycles. The van der Waals surface area contributed by atoms with Gasteiger partial charge in [0, 0.05) is 23.3 Å². The summed E-state index contributed by atoms with van der Waals surface area (Å²) in [4.78, 5) is 6.17. The quantitative estimate of drug-likeness (QED) is 0.638. The summed E-state index contributed by atoms with van der Waals surface area (Å²) < 4.78 is 5.29. The third-order valence-corrected chi connectivity index (χ3v) is 4.39. The molecular weight excluding hydrogens is 379 g/mol. The van der Waals surface area contributed by atoms with E-state index in [2.05, 4.69) is 15.5 Å². The zero-order chi connectivity index (χ0) is 17.8. The van der Waals surface area contributed by atoms with Gasteiger partial charge in [0.2, 0.25) is 11.7 Å². The van der Waals surface area contributed by atoms with Crippen LogP contribution in [0.15, 0.2) is 53.1 Å². The van der Waals surface area contributed by atoms with E-state index in [9.17, 15) is 0 Å². The Kier molecular flexibility index (Phi) is 5.53. The van der Waals surface area contributed by atoms with Crippen molar-refractivity contribution >= 4 is 46.2 Å². The Balaban J connectivity index is 1.65. The third-order valence-electron chi connectivity index (χ3n) is 3.40. The van der Waals surface area contributed by atoms with Crippen LogP contribution in [0.3, 0.4) is 0 Å². The van der Waals surface area contributed by atoms with Crippen molar-refractivity contribution in [3.05, 3.63) is 64.5 Å². The summed E-state index contributed by atoms with van der Waals surface area (Å²) in [7, 11) is 1.84. The number of thiocarbonyl (C=S) groups is 1. The number of nitrogens with one attached hydrogen (secondary N) is 1. The van der Waals surface area contributed by atoms with E-state index in [0.29, 0.717) is 33.4 Å². The second kappa shape index (κ2) is 7.82. The fraction of sp³-hybridized carbons (Fsp3) is 0.118. The lowest BCUT2D eigenvalue weighted by Crippen LogP contribution is -2.30. The second-order valence-electron chi connectivity index (χ2n) is 5.28. The molecule has 0 aliphatic heterocycles. The molecule has 5 nitrogen and oxygen atoms in total. The molecule has 8 heteroatoms. The van der Waals surface area contributed by atoms with Crippen LogP contribution in [-0.2, 0) is 6.54 Å². The molecule has 1 N–H and O–H groups in total. The highest BCUT2D eigenvalue weighted by molar-refractivity contribution is 7.80. The van der Waals surface area contributed by atoms with E-state index < -0.39 is 0 Å². The first-order valence-corrected chi connectivity index (χ1v) is 8.54. The zero-order valence-electron chi connectivity index (χ0n) is 13.2. The normalized spacial score (nSPS) is 10.5. The smallest absolute Gasteiger partial charge is 0.246 e. The Morgan fingerprint density at radius 3 is 2.60 bits per heavy atom. The minimum absolute atomic E-state index is 0.372. The van der Waals surface area contributed by atoms with Crippen molar-refractivity contribution in [2.24, 2.45) is 0 Å². The highest BCUT2D eigenvalue weighted by Gasteiger charge is 2.14. The van der Waals surface area contributed by atoms with E-state index in [1.807, 2.05) is 37.4 Å². The number of hydrogen-bond acceptors (Lipinski definition) is 4. The number of rotatable bonds is 4. The van der Waals surface area contributed by atoms with Gasteiger partial charge in [-0.15, -0.1) is 0 Å². The molecule has 0 amide bonds. The Bertz CT molecular complexity index is 882. The maximum absolute atomic E-state index is 6.15. The molecule has 25 heavy (non-hydrogen) atoms. The minimum Gasteiger partial charge on any atom is -0.343 e. The monoisotopic (exact) mass is 392 g/mol. The highest BCUT2D eigenvalue weighted by Crippen LogP contribution is 2.25. The molecule has 0 saturated carbocycles.